The highest BCUT2D eigenvalue weighted by atomic mass is 32.2. The predicted octanol–water partition coefficient (Wildman–Crippen LogP) is 3.81. The predicted molar refractivity (Wildman–Crippen MR) is 112 cm³/mol. The fourth-order valence-corrected chi connectivity index (χ4v) is 3.48. The van der Waals surface area contributed by atoms with Gasteiger partial charge in [-0.15, -0.1) is 0 Å². The second kappa shape index (κ2) is 9.69. The van der Waals surface area contributed by atoms with Gasteiger partial charge in [0.1, 0.15) is 11.6 Å². The van der Waals surface area contributed by atoms with Gasteiger partial charge in [-0.3, -0.25) is 0 Å². The molecule has 0 amide bonds. The molecular formula is C21H21F2N3O4S. The number of alkyl halides is 2. The number of methoxy groups -OCH3 is 1. The quantitative estimate of drug-likeness (QED) is 0.531. The van der Waals surface area contributed by atoms with E-state index < -0.39 is 16.4 Å². The maximum atomic E-state index is 12.2. The molecule has 164 valence electrons. The number of halogens is 2. The van der Waals surface area contributed by atoms with Crippen molar-refractivity contribution in [2.45, 2.75) is 17.9 Å². The molecule has 1 aromatic heterocycles. The number of anilines is 1. The van der Waals surface area contributed by atoms with E-state index in [1.165, 1.54) is 25.3 Å². The SMILES string of the molecule is COc1nc(NCCc2ccc(OC(F)F)cc2)cc(-c2cccc(S(C)(=O)=O)c2)n1. The summed E-state index contributed by atoms with van der Waals surface area (Å²) in [4.78, 5) is 8.75. The highest BCUT2D eigenvalue weighted by molar-refractivity contribution is 7.90. The Kier molecular flexibility index (Phi) is 7.01. The Hall–Kier alpha value is -3.27. The number of hydrogen-bond donors (Lipinski definition) is 1. The minimum atomic E-state index is -3.35. The van der Waals surface area contributed by atoms with Gasteiger partial charge in [0, 0.05) is 24.4 Å². The van der Waals surface area contributed by atoms with Gasteiger partial charge in [0.2, 0.25) is 0 Å². The molecular weight excluding hydrogens is 428 g/mol. The summed E-state index contributed by atoms with van der Waals surface area (Å²) in [7, 11) is -1.91. The standard InChI is InChI=1S/C21H21F2N3O4S/c1-29-21-25-18(15-4-3-5-17(12-15)31(2,27)28)13-19(26-21)24-11-10-14-6-8-16(9-7-14)30-20(22)23/h3-9,12-13,20H,10-11H2,1-2H3,(H,24,25,26). The third kappa shape index (κ3) is 6.35. The molecule has 1 heterocycles. The number of benzene rings is 2. The lowest BCUT2D eigenvalue weighted by Crippen LogP contribution is -2.08. The molecule has 0 aliphatic heterocycles. The van der Waals surface area contributed by atoms with Crippen LogP contribution in [0.3, 0.4) is 0 Å². The Morgan fingerprint density at radius 2 is 1.81 bits per heavy atom. The molecule has 2 aromatic carbocycles. The molecule has 0 radical (unpaired) electrons. The molecule has 0 aliphatic rings. The van der Waals surface area contributed by atoms with E-state index in [0.717, 1.165) is 11.8 Å². The molecule has 1 N–H and O–H groups in total. The number of aromatic nitrogens is 2. The number of ether oxygens (including phenoxy) is 2. The molecule has 3 rings (SSSR count). The number of rotatable bonds is 9. The summed E-state index contributed by atoms with van der Waals surface area (Å²) in [6.45, 7) is -2.34. The second-order valence-electron chi connectivity index (χ2n) is 6.62. The molecule has 0 spiro atoms. The fourth-order valence-electron chi connectivity index (χ4n) is 2.81. The van der Waals surface area contributed by atoms with Crippen molar-refractivity contribution in [3.05, 3.63) is 60.2 Å². The molecule has 0 saturated carbocycles. The van der Waals surface area contributed by atoms with Crippen molar-refractivity contribution in [2.24, 2.45) is 0 Å². The highest BCUT2D eigenvalue weighted by Gasteiger charge is 2.12. The molecule has 3 aromatic rings. The van der Waals surface area contributed by atoms with Crippen LogP contribution >= 0.6 is 0 Å². The average molecular weight is 449 g/mol. The van der Waals surface area contributed by atoms with Crippen molar-refractivity contribution < 1.29 is 26.7 Å². The highest BCUT2D eigenvalue weighted by Crippen LogP contribution is 2.25. The van der Waals surface area contributed by atoms with Gasteiger partial charge in [-0.05, 0) is 36.2 Å². The summed E-state index contributed by atoms with van der Waals surface area (Å²) in [6.07, 6.45) is 1.76. The molecule has 10 heteroatoms. The first kappa shape index (κ1) is 22.4. The summed E-state index contributed by atoms with van der Waals surface area (Å²) < 4.78 is 57.6. The van der Waals surface area contributed by atoms with E-state index >= 15 is 0 Å². The van der Waals surface area contributed by atoms with E-state index in [1.807, 2.05) is 0 Å². The van der Waals surface area contributed by atoms with E-state index in [9.17, 15) is 17.2 Å². The lowest BCUT2D eigenvalue weighted by atomic mass is 10.1. The molecule has 7 nitrogen and oxygen atoms in total. The summed E-state index contributed by atoms with van der Waals surface area (Å²) in [5.41, 5.74) is 2.05. The molecule has 0 unspecified atom stereocenters. The Morgan fingerprint density at radius 3 is 2.45 bits per heavy atom. The average Bonchev–Trinajstić information content (AvgIpc) is 2.74. The first-order valence-electron chi connectivity index (χ1n) is 9.26. The van der Waals surface area contributed by atoms with Gasteiger partial charge in [-0.2, -0.15) is 18.7 Å². The van der Waals surface area contributed by atoms with Gasteiger partial charge in [-0.25, -0.2) is 8.42 Å². The Balaban J connectivity index is 1.73. The van der Waals surface area contributed by atoms with Crippen molar-refractivity contribution in [1.29, 1.82) is 0 Å². The first-order chi connectivity index (χ1) is 14.7. The smallest absolute Gasteiger partial charge is 0.387 e. The largest absolute Gasteiger partial charge is 0.467 e. The molecule has 31 heavy (non-hydrogen) atoms. The molecule has 0 saturated heterocycles. The summed E-state index contributed by atoms with van der Waals surface area (Å²) in [5.74, 6) is 0.609. The fraction of sp³-hybridized carbons (Fsp3) is 0.238. The monoisotopic (exact) mass is 449 g/mol. The topological polar surface area (TPSA) is 90.4 Å². The third-order valence-electron chi connectivity index (χ3n) is 4.31. The maximum absolute atomic E-state index is 12.2. The van der Waals surface area contributed by atoms with Crippen LogP contribution in [0.25, 0.3) is 11.3 Å². The zero-order valence-electron chi connectivity index (χ0n) is 16.9. The van der Waals surface area contributed by atoms with Crippen molar-refractivity contribution in [2.75, 3.05) is 25.2 Å². The summed E-state index contributed by atoms with van der Waals surface area (Å²) in [5, 5.41) is 3.17. The van der Waals surface area contributed by atoms with Crippen LogP contribution in [-0.2, 0) is 16.3 Å². The lowest BCUT2D eigenvalue weighted by molar-refractivity contribution is -0.0498. The Bertz CT molecular complexity index is 1140. The minimum Gasteiger partial charge on any atom is -0.467 e. The van der Waals surface area contributed by atoms with E-state index in [1.54, 1.807) is 36.4 Å². The van der Waals surface area contributed by atoms with Crippen LogP contribution in [0.2, 0.25) is 0 Å². The van der Waals surface area contributed by atoms with Crippen LogP contribution in [0.1, 0.15) is 5.56 Å². The van der Waals surface area contributed by atoms with E-state index in [2.05, 4.69) is 20.0 Å². The van der Waals surface area contributed by atoms with Crippen LogP contribution in [0.15, 0.2) is 59.5 Å². The van der Waals surface area contributed by atoms with Gasteiger partial charge in [0.25, 0.3) is 0 Å². The number of nitrogens with zero attached hydrogens (tertiary/aromatic N) is 2. The Labute approximate surface area is 179 Å². The molecule has 0 aliphatic carbocycles. The number of hydrogen-bond acceptors (Lipinski definition) is 7. The van der Waals surface area contributed by atoms with Gasteiger partial charge in [0.15, 0.2) is 9.84 Å². The van der Waals surface area contributed by atoms with Crippen LogP contribution in [0.4, 0.5) is 14.6 Å². The number of nitrogens with one attached hydrogen (secondary N) is 1. The van der Waals surface area contributed by atoms with Crippen molar-refractivity contribution in [3.8, 4) is 23.0 Å². The van der Waals surface area contributed by atoms with Crippen LogP contribution in [0.5, 0.6) is 11.8 Å². The van der Waals surface area contributed by atoms with Gasteiger partial charge in [-0.1, -0.05) is 24.3 Å². The van der Waals surface area contributed by atoms with Crippen LogP contribution < -0.4 is 14.8 Å². The molecule has 0 bridgehead atoms. The zero-order valence-corrected chi connectivity index (χ0v) is 17.7. The molecule has 0 atom stereocenters. The van der Waals surface area contributed by atoms with Crippen molar-refractivity contribution >= 4 is 15.7 Å². The summed E-state index contributed by atoms with van der Waals surface area (Å²) >= 11 is 0. The first-order valence-corrected chi connectivity index (χ1v) is 11.1. The van der Waals surface area contributed by atoms with Crippen LogP contribution in [-0.4, -0.2) is 44.9 Å². The van der Waals surface area contributed by atoms with E-state index in [-0.39, 0.29) is 16.7 Å². The van der Waals surface area contributed by atoms with Crippen molar-refractivity contribution in [1.82, 2.24) is 9.97 Å². The maximum Gasteiger partial charge on any atom is 0.387 e. The van der Waals surface area contributed by atoms with Crippen molar-refractivity contribution in [3.63, 3.8) is 0 Å². The Morgan fingerprint density at radius 1 is 1.06 bits per heavy atom. The normalized spacial score (nSPS) is 11.4. The third-order valence-corrected chi connectivity index (χ3v) is 5.42. The van der Waals surface area contributed by atoms with Gasteiger partial charge >= 0.3 is 12.6 Å². The number of sulfone groups is 1. The van der Waals surface area contributed by atoms with E-state index in [0.29, 0.717) is 30.0 Å². The second-order valence-corrected chi connectivity index (χ2v) is 8.64. The molecule has 0 fully saturated rings. The van der Waals surface area contributed by atoms with Crippen LogP contribution in [0, 0.1) is 0 Å². The zero-order chi connectivity index (χ0) is 22.4. The summed E-state index contributed by atoms with van der Waals surface area (Å²) in [6, 6.07) is 14.7. The lowest BCUT2D eigenvalue weighted by Gasteiger charge is -2.10. The van der Waals surface area contributed by atoms with E-state index in [4.69, 9.17) is 4.74 Å². The minimum absolute atomic E-state index is 0.105. The van der Waals surface area contributed by atoms with Gasteiger partial charge < -0.3 is 14.8 Å². The van der Waals surface area contributed by atoms with Gasteiger partial charge in [0.05, 0.1) is 17.7 Å².